The van der Waals surface area contributed by atoms with Crippen LogP contribution in [0.2, 0.25) is 0 Å². The molecule has 2 aromatic carbocycles. The first kappa shape index (κ1) is 11.4. The van der Waals surface area contributed by atoms with Gasteiger partial charge in [0.2, 0.25) is 0 Å². The second-order valence-electron chi connectivity index (χ2n) is 3.79. The first-order chi connectivity index (χ1) is 8.33. The molecular weight excluding hydrogens is 212 g/mol. The van der Waals surface area contributed by atoms with Crippen LogP contribution in [-0.2, 0) is 11.2 Å². The minimum atomic E-state index is 0.436. The number of carbonyl (C=O) groups excluding carboxylic acids is 1. The van der Waals surface area contributed by atoms with Crippen LogP contribution < -0.4 is 4.74 Å². The number of hydrogen-bond acceptors (Lipinski definition) is 2. The van der Waals surface area contributed by atoms with Gasteiger partial charge in [0.25, 0.3) is 6.47 Å². The molecule has 0 fully saturated rings. The maximum absolute atomic E-state index is 10.2. The van der Waals surface area contributed by atoms with E-state index in [4.69, 9.17) is 4.74 Å². The van der Waals surface area contributed by atoms with Gasteiger partial charge in [0.1, 0.15) is 5.75 Å². The Balaban J connectivity index is 2.23. The fourth-order valence-corrected chi connectivity index (χ4v) is 1.71. The molecule has 0 radical (unpaired) electrons. The number of benzene rings is 2. The molecule has 0 aromatic heterocycles. The average Bonchev–Trinajstić information content (AvgIpc) is 2.40. The van der Waals surface area contributed by atoms with Gasteiger partial charge in [-0.3, -0.25) is 4.79 Å². The molecule has 86 valence electrons. The third-order valence-electron chi connectivity index (χ3n) is 2.73. The van der Waals surface area contributed by atoms with Crippen molar-refractivity contribution in [1.29, 1.82) is 0 Å². The number of carbonyl (C=O) groups is 1. The number of rotatable bonds is 4. The maximum atomic E-state index is 10.2. The minimum absolute atomic E-state index is 0.436. The first-order valence-electron chi connectivity index (χ1n) is 5.63. The molecule has 0 heterocycles. The zero-order valence-corrected chi connectivity index (χ0v) is 9.72. The number of ether oxygens (including phenoxy) is 1. The lowest BCUT2D eigenvalue weighted by Crippen LogP contribution is -1.88. The van der Waals surface area contributed by atoms with E-state index < -0.39 is 0 Å². The van der Waals surface area contributed by atoms with Crippen molar-refractivity contribution in [1.82, 2.24) is 0 Å². The van der Waals surface area contributed by atoms with Gasteiger partial charge in [0.15, 0.2) is 0 Å². The molecule has 2 rings (SSSR count). The van der Waals surface area contributed by atoms with Gasteiger partial charge in [-0.25, -0.2) is 0 Å². The van der Waals surface area contributed by atoms with Crippen molar-refractivity contribution in [3.8, 4) is 16.9 Å². The van der Waals surface area contributed by atoms with Gasteiger partial charge in [-0.15, -0.1) is 0 Å². The number of aryl methyl sites for hydroxylation is 1. The Bertz CT molecular complexity index is 483. The maximum Gasteiger partial charge on any atom is 0.298 e. The lowest BCUT2D eigenvalue weighted by Gasteiger charge is -2.04. The zero-order chi connectivity index (χ0) is 12.1. The summed E-state index contributed by atoms with van der Waals surface area (Å²) < 4.78 is 4.75. The van der Waals surface area contributed by atoms with Crippen molar-refractivity contribution in [2.24, 2.45) is 0 Å². The average molecular weight is 226 g/mol. The topological polar surface area (TPSA) is 26.3 Å². The molecule has 0 spiro atoms. The van der Waals surface area contributed by atoms with Gasteiger partial charge >= 0.3 is 0 Å². The summed E-state index contributed by atoms with van der Waals surface area (Å²) in [5.74, 6) is 0.564. The van der Waals surface area contributed by atoms with Crippen LogP contribution in [0.1, 0.15) is 12.5 Å². The fraction of sp³-hybridized carbons (Fsp3) is 0.133. The SMILES string of the molecule is CCc1ccc(-c2ccc(OC=O)cc2)cc1. The second-order valence-corrected chi connectivity index (χ2v) is 3.79. The highest BCUT2D eigenvalue weighted by atomic mass is 16.5. The first-order valence-corrected chi connectivity index (χ1v) is 5.63. The lowest BCUT2D eigenvalue weighted by atomic mass is 10.0. The Morgan fingerprint density at radius 2 is 1.47 bits per heavy atom. The van der Waals surface area contributed by atoms with E-state index in [1.807, 2.05) is 12.1 Å². The molecule has 0 aliphatic rings. The summed E-state index contributed by atoms with van der Waals surface area (Å²) in [6.07, 6.45) is 1.05. The van der Waals surface area contributed by atoms with Crippen LogP contribution in [0.25, 0.3) is 11.1 Å². The summed E-state index contributed by atoms with van der Waals surface area (Å²) in [6.45, 7) is 2.58. The highest BCUT2D eigenvalue weighted by molar-refractivity contribution is 5.64. The van der Waals surface area contributed by atoms with Gasteiger partial charge in [0, 0.05) is 0 Å². The third-order valence-corrected chi connectivity index (χ3v) is 2.73. The van der Waals surface area contributed by atoms with Crippen molar-refractivity contribution in [3.63, 3.8) is 0 Å². The molecule has 0 aliphatic heterocycles. The second kappa shape index (κ2) is 5.30. The normalized spacial score (nSPS) is 9.94. The molecule has 17 heavy (non-hydrogen) atoms. The molecule has 2 aromatic rings. The quantitative estimate of drug-likeness (QED) is 0.746. The zero-order valence-electron chi connectivity index (χ0n) is 9.72. The van der Waals surface area contributed by atoms with E-state index in [2.05, 4.69) is 31.2 Å². The van der Waals surface area contributed by atoms with Crippen LogP contribution in [0.5, 0.6) is 5.75 Å². The highest BCUT2D eigenvalue weighted by Crippen LogP contribution is 2.22. The lowest BCUT2D eigenvalue weighted by molar-refractivity contribution is -0.120. The van der Waals surface area contributed by atoms with E-state index in [-0.39, 0.29) is 0 Å². The predicted molar refractivity (Wildman–Crippen MR) is 67.9 cm³/mol. The van der Waals surface area contributed by atoms with Crippen molar-refractivity contribution in [2.75, 3.05) is 0 Å². The molecule has 0 saturated heterocycles. The van der Waals surface area contributed by atoms with E-state index in [1.54, 1.807) is 12.1 Å². The van der Waals surface area contributed by atoms with Crippen molar-refractivity contribution >= 4 is 6.47 Å². The van der Waals surface area contributed by atoms with Crippen LogP contribution in [0, 0.1) is 0 Å². The summed E-state index contributed by atoms with van der Waals surface area (Å²) in [4.78, 5) is 10.2. The van der Waals surface area contributed by atoms with Gasteiger partial charge in [-0.05, 0) is 35.2 Å². The summed E-state index contributed by atoms with van der Waals surface area (Å²) >= 11 is 0. The third kappa shape index (κ3) is 2.72. The van der Waals surface area contributed by atoms with E-state index >= 15 is 0 Å². The Kier molecular flexibility index (Phi) is 3.55. The van der Waals surface area contributed by atoms with Gasteiger partial charge in [-0.1, -0.05) is 43.3 Å². The Hall–Kier alpha value is -2.09. The molecule has 2 nitrogen and oxygen atoms in total. The minimum Gasteiger partial charge on any atom is -0.429 e. The van der Waals surface area contributed by atoms with Crippen molar-refractivity contribution in [2.45, 2.75) is 13.3 Å². The molecule has 0 saturated carbocycles. The molecule has 0 unspecified atom stereocenters. The van der Waals surface area contributed by atoms with Gasteiger partial charge < -0.3 is 4.74 Å². The standard InChI is InChI=1S/C15H14O2/c1-2-12-3-5-13(6-4-12)14-7-9-15(10-8-14)17-11-16/h3-11H,2H2,1H3. The Morgan fingerprint density at radius 3 is 1.94 bits per heavy atom. The number of hydrogen-bond donors (Lipinski definition) is 0. The van der Waals surface area contributed by atoms with Crippen molar-refractivity contribution in [3.05, 3.63) is 54.1 Å². The summed E-state index contributed by atoms with van der Waals surface area (Å²) in [5, 5.41) is 0. The largest absolute Gasteiger partial charge is 0.429 e. The summed E-state index contributed by atoms with van der Waals surface area (Å²) in [6, 6.07) is 15.9. The van der Waals surface area contributed by atoms with Gasteiger partial charge in [0.05, 0.1) is 0 Å². The van der Waals surface area contributed by atoms with Crippen LogP contribution >= 0.6 is 0 Å². The van der Waals surface area contributed by atoms with Crippen LogP contribution in [0.15, 0.2) is 48.5 Å². The molecule has 0 bridgehead atoms. The molecule has 0 N–H and O–H groups in total. The smallest absolute Gasteiger partial charge is 0.298 e. The Morgan fingerprint density at radius 1 is 0.941 bits per heavy atom. The monoisotopic (exact) mass is 226 g/mol. The molecular formula is C15H14O2. The van der Waals surface area contributed by atoms with Crippen LogP contribution in [0.3, 0.4) is 0 Å². The van der Waals surface area contributed by atoms with E-state index in [0.717, 1.165) is 12.0 Å². The van der Waals surface area contributed by atoms with E-state index in [1.165, 1.54) is 11.1 Å². The molecule has 2 heteroatoms. The summed E-state index contributed by atoms with van der Waals surface area (Å²) in [7, 11) is 0. The fourth-order valence-electron chi connectivity index (χ4n) is 1.71. The molecule has 0 amide bonds. The van der Waals surface area contributed by atoms with Crippen molar-refractivity contribution < 1.29 is 9.53 Å². The van der Waals surface area contributed by atoms with Gasteiger partial charge in [-0.2, -0.15) is 0 Å². The predicted octanol–water partition coefficient (Wildman–Crippen LogP) is 3.45. The van der Waals surface area contributed by atoms with Crippen LogP contribution in [-0.4, -0.2) is 6.47 Å². The van der Waals surface area contributed by atoms with Crippen LogP contribution in [0.4, 0.5) is 0 Å². The molecule has 0 atom stereocenters. The Labute approximate surface area is 101 Å². The van der Waals surface area contributed by atoms with E-state index in [9.17, 15) is 4.79 Å². The highest BCUT2D eigenvalue weighted by Gasteiger charge is 1.98. The summed E-state index contributed by atoms with van der Waals surface area (Å²) in [5.41, 5.74) is 3.61. The van der Waals surface area contributed by atoms with E-state index in [0.29, 0.717) is 12.2 Å². The molecule has 0 aliphatic carbocycles.